The van der Waals surface area contributed by atoms with Crippen molar-refractivity contribution in [1.29, 1.82) is 0 Å². The fourth-order valence-electron chi connectivity index (χ4n) is 2.35. The number of hydrogen-bond donors (Lipinski definition) is 1. The molecule has 1 aliphatic rings. The molecule has 10 heteroatoms. The van der Waals surface area contributed by atoms with Crippen LogP contribution in [0.2, 0.25) is 0 Å². The fraction of sp³-hybridized carbons (Fsp3) is 0.400. The molecule has 0 aliphatic carbocycles. The fourth-order valence-corrected chi connectivity index (χ4v) is 3.25. The minimum atomic E-state index is -3.54. The first-order valence-electron chi connectivity index (χ1n) is 7.67. The molecule has 1 amide bonds. The maximum absolute atomic E-state index is 12.2. The Balaban J connectivity index is 1.69. The van der Waals surface area contributed by atoms with E-state index in [4.69, 9.17) is 9.15 Å². The van der Waals surface area contributed by atoms with Gasteiger partial charge in [0.15, 0.2) is 0 Å². The van der Waals surface area contributed by atoms with Crippen LogP contribution in [0.5, 0.6) is 0 Å². The predicted octanol–water partition coefficient (Wildman–Crippen LogP) is 1.42. The van der Waals surface area contributed by atoms with Gasteiger partial charge in [0, 0.05) is 26.3 Å². The number of carbonyl (C=O) groups excluding carboxylic acids is 1. The van der Waals surface area contributed by atoms with Crippen LogP contribution in [0, 0.1) is 0 Å². The topological polar surface area (TPSA) is 115 Å². The van der Waals surface area contributed by atoms with Gasteiger partial charge in [-0.1, -0.05) is 5.10 Å². The third kappa shape index (κ3) is 3.70. The van der Waals surface area contributed by atoms with E-state index in [9.17, 15) is 13.2 Å². The summed E-state index contributed by atoms with van der Waals surface area (Å²) in [4.78, 5) is 12.3. The van der Waals surface area contributed by atoms with Crippen molar-refractivity contribution in [2.45, 2.75) is 23.8 Å². The monoisotopic (exact) mass is 366 g/mol. The molecular weight excluding hydrogens is 348 g/mol. The summed E-state index contributed by atoms with van der Waals surface area (Å²) in [6.07, 6.45) is 1.50. The number of anilines is 1. The summed E-state index contributed by atoms with van der Waals surface area (Å²) in [6, 6.07) is 5.55. The smallest absolute Gasteiger partial charge is 0.322 e. The number of rotatable bonds is 5. The number of ether oxygens (including phenoxy) is 1. The van der Waals surface area contributed by atoms with Crippen LogP contribution in [0.15, 0.2) is 33.6 Å². The lowest BCUT2D eigenvalue weighted by molar-refractivity contribution is 0.0893. The molecule has 1 aliphatic heterocycles. The molecule has 1 aromatic carbocycles. The molecular formula is C15H18N4O5S. The van der Waals surface area contributed by atoms with Gasteiger partial charge in [-0.3, -0.25) is 10.1 Å². The molecule has 0 bridgehead atoms. The maximum atomic E-state index is 12.2. The predicted molar refractivity (Wildman–Crippen MR) is 87.5 cm³/mol. The highest BCUT2D eigenvalue weighted by molar-refractivity contribution is 7.89. The molecule has 1 fully saturated rings. The van der Waals surface area contributed by atoms with Crippen LogP contribution in [0.3, 0.4) is 0 Å². The van der Waals surface area contributed by atoms with Crippen LogP contribution in [0.4, 0.5) is 6.01 Å². The van der Waals surface area contributed by atoms with Gasteiger partial charge >= 0.3 is 6.01 Å². The zero-order valence-corrected chi connectivity index (χ0v) is 14.6. The minimum absolute atomic E-state index is 0.0273. The maximum Gasteiger partial charge on any atom is 0.322 e. The van der Waals surface area contributed by atoms with Gasteiger partial charge in [0.1, 0.15) is 6.10 Å². The van der Waals surface area contributed by atoms with Gasteiger partial charge in [0.25, 0.3) is 5.91 Å². The zero-order chi connectivity index (χ0) is 18.0. The van der Waals surface area contributed by atoms with Gasteiger partial charge < -0.3 is 9.15 Å². The van der Waals surface area contributed by atoms with Gasteiger partial charge in [-0.2, -0.15) is 0 Å². The van der Waals surface area contributed by atoms with Crippen LogP contribution in [-0.2, 0) is 14.8 Å². The van der Waals surface area contributed by atoms with Crippen molar-refractivity contribution in [2.75, 3.05) is 26.0 Å². The Kier molecular flexibility index (Phi) is 4.84. The Bertz CT molecular complexity index is 854. The van der Waals surface area contributed by atoms with E-state index < -0.39 is 15.9 Å². The number of carbonyl (C=O) groups is 1. The Labute approximate surface area is 145 Å². The average Bonchev–Trinajstić information content (AvgIpc) is 3.26. The van der Waals surface area contributed by atoms with Crippen LogP contribution in [-0.4, -0.2) is 49.5 Å². The Morgan fingerprint density at radius 2 is 1.96 bits per heavy atom. The molecule has 1 aromatic heterocycles. The molecule has 25 heavy (non-hydrogen) atoms. The van der Waals surface area contributed by atoms with Crippen molar-refractivity contribution in [3.8, 4) is 0 Å². The highest BCUT2D eigenvalue weighted by Gasteiger charge is 2.24. The summed E-state index contributed by atoms with van der Waals surface area (Å²) in [5, 5.41) is 10.1. The van der Waals surface area contributed by atoms with Crippen molar-refractivity contribution in [2.24, 2.45) is 0 Å². The molecule has 2 heterocycles. The van der Waals surface area contributed by atoms with E-state index in [2.05, 4.69) is 15.5 Å². The lowest BCUT2D eigenvalue weighted by Crippen LogP contribution is -2.22. The van der Waals surface area contributed by atoms with Gasteiger partial charge in [0.2, 0.25) is 15.9 Å². The lowest BCUT2D eigenvalue weighted by atomic mass is 10.2. The quantitative estimate of drug-likeness (QED) is 0.851. The second-order valence-electron chi connectivity index (χ2n) is 5.71. The number of aromatic nitrogens is 2. The number of nitrogens with zero attached hydrogens (tertiary/aromatic N) is 3. The van der Waals surface area contributed by atoms with Crippen molar-refractivity contribution < 1.29 is 22.4 Å². The first-order chi connectivity index (χ1) is 11.9. The largest absolute Gasteiger partial charge is 0.405 e. The summed E-state index contributed by atoms with van der Waals surface area (Å²) in [5.74, 6) is -0.142. The number of benzene rings is 1. The molecule has 0 radical (unpaired) electrons. The van der Waals surface area contributed by atoms with E-state index in [-0.39, 0.29) is 22.6 Å². The van der Waals surface area contributed by atoms with Crippen molar-refractivity contribution in [3.63, 3.8) is 0 Å². The molecule has 1 N–H and O–H groups in total. The minimum Gasteiger partial charge on any atom is -0.405 e. The van der Waals surface area contributed by atoms with Crippen LogP contribution in [0.25, 0.3) is 0 Å². The van der Waals surface area contributed by atoms with E-state index in [1.807, 2.05) is 0 Å². The summed E-state index contributed by atoms with van der Waals surface area (Å²) in [7, 11) is -0.654. The third-order valence-electron chi connectivity index (χ3n) is 3.76. The number of nitrogens with one attached hydrogen (secondary N) is 1. The van der Waals surface area contributed by atoms with Crippen molar-refractivity contribution in [1.82, 2.24) is 14.5 Å². The van der Waals surface area contributed by atoms with Crippen LogP contribution in [0.1, 0.15) is 35.2 Å². The molecule has 134 valence electrons. The van der Waals surface area contributed by atoms with Crippen molar-refractivity contribution >= 4 is 21.9 Å². The van der Waals surface area contributed by atoms with E-state index in [0.717, 1.165) is 17.1 Å². The first-order valence-corrected chi connectivity index (χ1v) is 9.11. The Hall–Kier alpha value is -2.30. The third-order valence-corrected chi connectivity index (χ3v) is 5.59. The van der Waals surface area contributed by atoms with E-state index in [1.54, 1.807) is 0 Å². The lowest BCUT2D eigenvalue weighted by Gasteiger charge is -2.11. The molecule has 1 saturated heterocycles. The summed E-state index contributed by atoms with van der Waals surface area (Å²) >= 11 is 0. The zero-order valence-electron chi connectivity index (χ0n) is 13.8. The molecule has 1 atom stereocenters. The average molecular weight is 366 g/mol. The van der Waals surface area contributed by atoms with E-state index in [1.165, 1.54) is 38.4 Å². The standard InChI is InChI=1S/C15H18N4O5S/c1-19(2)25(21,22)11-7-5-10(6-8-11)13(20)16-15-18-17-14(24-15)12-4-3-9-23-12/h5-8,12H,3-4,9H2,1-2H3,(H,16,18,20)/t12-/m0/s1. The van der Waals surface area contributed by atoms with Gasteiger partial charge in [-0.15, -0.1) is 5.10 Å². The number of amides is 1. The Morgan fingerprint density at radius 3 is 2.56 bits per heavy atom. The molecule has 2 aromatic rings. The highest BCUT2D eigenvalue weighted by atomic mass is 32.2. The number of sulfonamides is 1. The summed E-state index contributed by atoms with van der Waals surface area (Å²) in [6.45, 7) is 0.650. The second-order valence-corrected chi connectivity index (χ2v) is 7.86. The normalized spacial score (nSPS) is 17.8. The van der Waals surface area contributed by atoms with Gasteiger partial charge in [0.05, 0.1) is 4.90 Å². The molecule has 0 unspecified atom stereocenters. The van der Waals surface area contributed by atoms with Crippen LogP contribution < -0.4 is 5.32 Å². The molecule has 3 rings (SSSR count). The second kappa shape index (κ2) is 6.90. The van der Waals surface area contributed by atoms with Gasteiger partial charge in [-0.25, -0.2) is 12.7 Å². The highest BCUT2D eigenvalue weighted by Crippen LogP contribution is 2.28. The summed E-state index contributed by atoms with van der Waals surface area (Å²) in [5.41, 5.74) is 0.273. The Morgan fingerprint density at radius 1 is 1.24 bits per heavy atom. The molecule has 0 spiro atoms. The summed E-state index contributed by atoms with van der Waals surface area (Å²) < 4.78 is 36.0. The van der Waals surface area contributed by atoms with Crippen molar-refractivity contribution in [3.05, 3.63) is 35.7 Å². The first kappa shape index (κ1) is 17.5. The van der Waals surface area contributed by atoms with E-state index >= 15 is 0 Å². The number of hydrogen-bond acceptors (Lipinski definition) is 7. The molecule has 0 saturated carbocycles. The molecule has 9 nitrogen and oxygen atoms in total. The van der Waals surface area contributed by atoms with Crippen LogP contribution >= 0.6 is 0 Å². The SMILES string of the molecule is CN(C)S(=O)(=O)c1ccc(C(=O)Nc2nnc([C@@H]3CCCO3)o2)cc1. The van der Waals surface area contributed by atoms with Gasteiger partial charge in [-0.05, 0) is 37.1 Å². The van der Waals surface area contributed by atoms with E-state index in [0.29, 0.717) is 12.5 Å².